The highest BCUT2D eigenvalue weighted by Crippen LogP contribution is 2.18. The first kappa shape index (κ1) is 21.6. The normalized spacial score (nSPS) is 15.1. The lowest BCUT2D eigenvalue weighted by Crippen LogP contribution is -2.40. The van der Waals surface area contributed by atoms with Crippen LogP contribution in [-0.4, -0.2) is 58.1 Å². The quantitative estimate of drug-likeness (QED) is 0.682. The second-order valence-electron chi connectivity index (χ2n) is 6.50. The van der Waals surface area contributed by atoms with Crippen LogP contribution in [0.2, 0.25) is 5.02 Å². The zero-order chi connectivity index (χ0) is 20.7. The lowest BCUT2D eigenvalue weighted by atomic mass is 10.1. The van der Waals surface area contributed by atoms with Crippen LogP contribution in [0, 0.1) is 0 Å². The standard InChI is InChI=1S/C20H23ClN2O5S/c21-17-3-5-18(6-4-17)28-15-20(24)22-10-9-16-1-7-19(8-2-16)29(25,26)23-11-13-27-14-12-23/h1-8H,9-15H2,(H,22,24). The molecular formula is C20H23ClN2O5S. The molecule has 1 aliphatic heterocycles. The molecule has 156 valence electrons. The summed E-state index contributed by atoms with van der Waals surface area (Å²) >= 11 is 5.80. The lowest BCUT2D eigenvalue weighted by Gasteiger charge is -2.26. The van der Waals surface area contributed by atoms with Gasteiger partial charge in [0.15, 0.2) is 6.61 Å². The van der Waals surface area contributed by atoms with Crippen molar-refractivity contribution >= 4 is 27.5 Å². The second-order valence-corrected chi connectivity index (χ2v) is 8.88. The van der Waals surface area contributed by atoms with Crippen LogP contribution in [-0.2, 0) is 26.0 Å². The Hall–Kier alpha value is -2.13. The maximum Gasteiger partial charge on any atom is 0.257 e. The molecule has 0 spiro atoms. The van der Waals surface area contributed by atoms with E-state index in [4.69, 9.17) is 21.1 Å². The minimum atomic E-state index is -3.49. The summed E-state index contributed by atoms with van der Waals surface area (Å²) in [6.07, 6.45) is 0.588. The van der Waals surface area contributed by atoms with Crippen molar-refractivity contribution in [1.82, 2.24) is 9.62 Å². The van der Waals surface area contributed by atoms with Crippen molar-refractivity contribution in [2.75, 3.05) is 39.5 Å². The molecule has 0 aliphatic carbocycles. The molecule has 1 fully saturated rings. The number of ether oxygens (including phenoxy) is 2. The highest BCUT2D eigenvalue weighted by atomic mass is 35.5. The van der Waals surface area contributed by atoms with E-state index in [1.54, 1.807) is 48.5 Å². The Bertz CT molecular complexity index is 911. The van der Waals surface area contributed by atoms with Gasteiger partial charge in [-0.1, -0.05) is 23.7 Å². The lowest BCUT2D eigenvalue weighted by molar-refractivity contribution is -0.123. The molecule has 1 saturated heterocycles. The van der Waals surface area contributed by atoms with Crippen molar-refractivity contribution in [3.63, 3.8) is 0 Å². The fourth-order valence-corrected chi connectivity index (χ4v) is 4.38. The molecule has 1 amide bonds. The van der Waals surface area contributed by atoms with E-state index in [2.05, 4.69) is 5.32 Å². The number of benzene rings is 2. The highest BCUT2D eigenvalue weighted by Gasteiger charge is 2.25. The van der Waals surface area contributed by atoms with Crippen LogP contribution < -0.4 is 10.1 Å². The molecule has 1 aliphatic rings. The molecule has 0 saturated carbocycles. The van der Waals surface area contributed by atoms with E-state index >= 15 is 0 Å². The summed E-state index contributed by atoms with van der Waals surface area (Å²) in [5.74, 6) is 0.341. The Balaban J connectivity index is 1.44. The summed E-state index contributed by atoms with van der Waals surface area (Å²) in [7, 11) is -3.49. The first-order valence-corrected chi connectivity index (χ1v) is 11.1. The minimum Gasteiger partial charge on any atom is -0.484 e. The van der Waals surface area contributed by atoms with Gasteiger partial charge in [-0.2, -0.15) is 4.31 Å². The summed E-state index contributed by atoms with van der Waals surface area (Å²) in [6.45, 7) is 1.91. The van der Waals surface area contributed by atoms with E-state index in [0.717, 1.165) is 5.56 Å². The summed E-state index contributed by atoms with van der Waals surface area (Å²) in [5.41, 5.74) is 0.935. The zero-order valence-electron chi connectivity index (χ0n) is 15.8. The highest BCUT2D eigenvalue weighted by molar-refractivity contribution is 7.89. The van der Waals surface area contributed by atoms with Gasteiger partial charge in [0.1, 0.15) is 5.75 Å². The maximum atomic E-state index is 12.6. The molecule has 0 bridgehead atoms. The van der Waals surface area contributed by atoms with Gasteiger partial charge in [0, 0.05) is 24.7 Å². The second kappa shape index (κ2) is 10.1. The number of rotatable bonds is 8. The zero-order valence-corrected chi connectivity index (χ0v) is 17.4. The smallest absolute Gasteiger partial charge is 0.257 e. The SMILES string of the molecule is O=C(COc1ccc(Cl)cc1)NCCc1ccc(S(=O)(=O)N2CCOCC2)cc1. The Morgan fingerprint density at radius 2 is 1.72 bits per heavy atom. The number of sulfonamides is 1. The molecule has 9 heteroatoms. The average molecular weight is 439 g/mol. The van der Waals surface area contributed by atoms with Crippen LogP contribution in [0.15, 0.2) is 53.4 Å². The molecule has 0 aromatic heterocycles. The van der Waals surface area contributed by atoms with Gasteiger partial charge in [0.05, 0.1) is 18.1 Å². The van der Waals surface area contributed by atoms with Crippen LogP contribution in [0.5, 0.6) is 5.75 Å². The number of carbonyl (C=O) groups is 1. The third-order valence-electron chi connectivity index (χ3n) is 4.45. The van der Waals surface area contributed by atoms with Gasteiger partial charge in [-0.3, -0.25) is 4.79 Å². The number of halogens is 1. The third kappa shape index (κ3) is 6.17. The molecule has 7 nitrogen and oxygen atoms in total. The number of morpholine rings is 1. The summed E-state index contributed by atoms with van der Waals surface area (Å²) in [5, 5.41) is 3.38. The maximum absolute atomic E-state index is 12.6. The van der Waals surface area contributed by atoms with E-state index < -0.39 is 10.0 Å². The Morgan fingerprint density at radius 3 is 2.38 bits per heavy atom. The van der Waals surface area contributed by atoms with Crippen molar-refractivity contribution in [3.8, 4) is 5.75 Å². The summed E-state index contributed by atoms with van der Waals surface area (Å²) in [4.78, 5) is 12.1. The van der Waals surface area contributed by atoms with E-state index in [1.165, 1.54) is 4.31 Å². The molecule has 29 heavy (non-hydrogen) atoms. The first-order chi connectivity index (χ1) is 13.9. The molecule has 1 N–H and O–H groups in total. The predicted octanol–water partition coefficient (Wildman–Crippen LogP) is 2.10. The van der Waals surface area contributed by atoms with Crippen molar-refractivity contribution in [3.05, 3.63) is 59.1 Å². The number of nitrogens with zero attached hydrogens (tertiary/aromatic N) is 1. The molecule has 0 radical (unpaired) electrons. The van der Waals surface area contributed by atoms with Crippen LogP contribution >= 0.6 is 11.6 Å². The molecule has 2 aromatic rings. The van der Waals surface area contributed by atoms with Gasteiger partial charge in [-0.05, 0) is 48.4 Å². The number of carbonyl (C=O) groups excluding carboxylic acids is 1. The van der Waals surface area contributed by atoms with Crippen molar-refractivity contribution < 1.29 is 22.7 Å². The predicted molar refractivity (Wildman–Crippen MR) is 110 cm³/mol. The van der Waals surface area contributed by atoms with E-state index in [-0.39, 0.29) is 17.4 Å². The Morgan fingerprint density at radius 1 is 1.07 bits per heavy atom. The van der Waals surface area contributed by atoms with Gasteiger partial charge >= 0.3 is 0 Å². The van der Waals surface area contributed by atoms with Gasteiger partial charge in [0.25, 0.3) is 5.91 Å². The number of hydrogen-bond donors (Lipinski definition) is 1. The fraction of sp³-hybridized carbons (Fsp3) is 0.350. The monoisotopic (exact) mass is 438 g/mol. The summed E-state index contributed by atoms with van der Waals surface area (Å²) in [6, 6.07) is 13.5. The van der Waals surface area contributed by atoms with Gasteiger partial charge in [-0.15, -0.1) is 0 Å². The van der Waals surface area contributed by atoms with Crippen molar-refractivity contribution in [2.24, 2.45) is 0 Å². The Labute approximate surface area is 175 Å². The summed E-state index contributed by atoms with van der Waals surface area (Å²) < 4.78 is 37.2. The number of hydrogen-bond acceptors (Lipinski definition) is 5. The molecule has 1 heterocycles. The first-order valence-electron chi connectivity index (χ1n) is 9.27. The van der Waals surface area contributed by atoms with Crippen LogP contribution in [0.1, 0.15) is 5.56 Å². The molecule has 3 rings (SSSR count). The largest absolute Gasteiger partial charge is 0.484 e. The molecule has 0 unspecified atom stereocenters. The van der Waals surface area contributed by atoms with E-state index in [1.807, 2.05) is 0 Å². The van der Waals surface area contributed by atoms with Gasteiger partial charge in [0.2, 0.25) is 10.0 Å². The topological polar surface area (TPSA) is 84.9 Å². The Kier molecular flexibility index (Phi) is 7.49. The molecule has 0 atom stereocenters. The van der Waals surface area contributed by atoms with Crippen LogP contribution in [0.25, 0.3) is 0 Å². The van der Waals surface area contributed by atoms with E-state index in [0.29, 0.717) is 50.0 Å². The van der Waals surface area contributed by atoms with E-state index in [9.17, 15) is 13.2 Å². The minimum absolute atomic E-state index is 0.0850. The number of amides is 1. The molecular weight excluding hydrogens is 416 g/mol. The fourth-order valence-electron chi connectivity index (χ4n) is 2.84. The van der Waals surface area contributed by atoms with Gasteiger partial charge in [-0.25, -0.2) is 8.42 Å². The van der Waals surface area contributed by atoms with Gasteiger partial charge < -0.3 is 14.8 Å². The van der Waals surface area contributed by atoms with Crippen LogP contribution in [0.4, 0.5) is 0 Å². The van der Waals surface area contributed by atoms with Crippen molar-refractivity contribution in [2.45, 2.75) is 11.3 Å². The van der Waals surface area contributed by atoms with Crippen LogP contribution in [0.3, 0.4) is 0 Å². The average Bonchev–Trinajstić information content (AvgIpc) is 2.74. The molecule has 2 aromatic carbocycles. The third-order valence-corrected chi connectivity index (χ3v) is 6.62. The van der Waals surface area contributed by atoms with Crippen molar-refractivity contribution in [1.29, 1.82) is 0 Å². The number of nitrogens with one attached hydrogen (secondary N) is 1.